The number of nitrogens with one attached hydrogen (secondary N) is 1. The molecule has 1 heterocycles. The van der Waals surface area contributed by atoms with E-state index >= 15 is 0 Å². The number of anilines is 1. The van der Waals surface area contributed by atoms with Crippen LogP contribution in [0.5, 0.6) is 5.75 Å². The first-order valence-electron chi connectivity index (χ1n) is 13.4. The maximum atomic E-state index is 13.9. The third-order valence-corrected chi connectivity index (χ3v) is 6.68. The van der Waals surface area contributed by atoms with Crippen LogP contribution >= 0.6 is 0 Å². The molecule has 8 nitrogen and oxygen atoms in total. The van der Waals surface area contributed by atoms with Crippen LogP contribution in [0.3, 0.4) is 0 Å². The van der Waals surface area contributed by atoms with Crippen LogP contribution in [0.1, 0.15) is 44.6 Å². The highest BCUT2D eigenvalue weighted by molar-refractivity contribution is 5.89. The van der Waals surface area contributed by atoms with Gasteiger partial charge in [0, 0.05) is 19.3 Å². The number of fused-ring (bicyclic) bond motifs is 1. The van der Waals surface area contributed by atoms with Crippen LogP contribution in [-0.2, 0) is 11.2 Å². The Morgan fingerprint density at radius 3 is 2.36 bits per heavy atom. The molecule has 1 atom stereocenters. The normalized spacial score (nSPS) is 11.8. The van der Waals surface area contributed by atoms with Gasteiger partial charge in [0.05, 0.1) is 35.8 Å². The van der Waals surface area contributed by atoms with Gasteiger partial charge in [-0.05, 0) is 73.9 Å². The molecule has 4 rings (SSSR count). The molecule has 0 spiro atoms. The van der Waals surface area contributed by atoms with E-state index in [1.54, 1.807) is 34.8 Å². The summed E-state index contributed by atoms with van der Waals surface area (Å²) < 4.78 is 12.5. The van der Waals surface area contributed by atoms with Crippen LogP contribution in [0.4, 0.5) is 10.5 Å². The highest BCUT2D eigenvalue weighted by atomic mass is 16.5. The Morgan fingerprint density at radius 1 is 1.00 bits per heavy atom. The first kappa shape index (κ1) is 27.9. The van der Waals surface area contributed by atoms with Gasteiger partial charge in [0.1, 0.15) is 11.6 Å². The van der Waals surface area contributed by atoms with Crippen LogP contribution in [0.2, 0.25) is 0 Å². The molecule has 0 saturated carbocycles. The summed E-state index contributed by atoms with van der Waals surface area (Å²) in [5, 5.41) is 3.52. The number of ether oxygens (including phenoxy) is 2. The number of rotatable bonds is 11. The van der Waals surface area contributed by atoms with E-state index in [4.69, 9.17) is 14.5 Å². The van der Waals surface area contributed by atoms with Crippen molar-refractivity contribution >= 4 is 22.6 Å². The lowest BCUT2D eigenvalue weighted by Gasteiger charge is -2.32. The Hall–Kier alpha value is -4.17. The maximum absolute atomic E-state index is 13.9. The predicted molar refractivity (Wildman–Crippen MR) is 155 cm³/mol. The lowest BCUT2D eigenvalue weighted by molar-refractivity contribution is 0.131. The molecule has 1 unspecified atom stereocenters. The first-order chi connectivity index (χ1) is 19.0. The van der Waals surface area contributed by atoms with Gasteiger partial charge >= 0.3 is 6.03 Å². The number of para-hydroxylation sites is 1. The van der Waals surface area contributed by atoms with Gasteiger partial charge in [-0.1, -0.05) is 38.1 Å². The summed E-state index contributed by atoms with van der Waals surface area (Å²) in [6.45, 7) is 7.21. The number of amides is 2. The van der Waals surface area contributed by atoms with Gasteiger partial charge in [-0.25, -0.2) is 9.78 Å². The SMILES string of the molecule is CCOc1ccc(NC(=O)N(CCOC)C(CC)c2nc3ccccc3c(=O)n2-c2ccc(CC)cc2)cc1. The molecule has 0 aliphatic rings. The van der Waals surface area contributed by atoms with Crippen LogP contribution in [0.25, 0.3) is 16.6 Å². The highest BCUT2D eigenvalue weighted by Crippen LogP contribution is 2.27. The Labute approximate surface area is 229 Å². The Kier molecular flexibility index (Phi) is 9.33. The monoisotopic (exact) mass is 528 g/mol. The van der Waals surface area contributed by atoms with Gasteiger partial charge in [0.25, 0.3) is 5.56 Å². The second-order valence-electron chi connectivity index (χ2n) is 9.15. The predicted octanol–water partition coefficient (Wildman–Crippen LogP) is 5.98. The number of hydrogen-bond donors (Lipinski definition) is 1. The summed E-state index contributed by atoms with van der Waals surface area (Å²) in [6, 6.07) is 21.7. The molecule has 0 bridgehead atoms. The Bertz CT molecular complexity index is 1450. The molecule has 4 aromatic rings. The van der Waals surface area contributed by atoms with Crippen molar-refractivity contribution in [2.75, 3.05) is 32.2 Å². The lowest BCUT2D eigenvalue weighted by atomic mass is 10.1. The first-order valence-corrected chi connectivity index (χ1v) is 13.4. The number of carbonyl (C=O) groups is 1. The minimum absolute atomic E-state index is 0.170. The number of carbonyl (C=O) groups excluding carboxylic acids is 1. The smallest absolute Gasteiger partial charge is 0.322 e. The fourth-order valence-electron chi connectivity index (χ4n) is 4.63. The van der Waals surface area contributed by atoms with Crippen molar-refractivity contribution in [3.63, 3.8) is 0 Å². The van der Waals surface area contributed by atoms with Crippen molar-refractivity contribution in [3.8, 4) is 11.4 Å². The third-order valence-electron chi connectivity index (χ3n) is 6.68. The van der Waals surface area contributed by atoms with E-state index in [2.05, 4.69) is 12.2 Å². The van der Waals surface area contributed by atoms with Crippen molar-refractivity contribution in [2.45, 2.75) is 39.7 Å². The van der Waals surface area contributed by atoms with E-state index < -0.39 is 6.04 Å². The third kappa shape index (κ3) is 6.29. The molecule has 39 heavy (non-hydrogen) atoms. The van der Waals surface area contributed by atoms with Gasteiger partial charge in [-0.2, -0.15) is 0 Å². The van der Waals surface area contributed by atoms with E-state index in [1.165, 1.54) is 5.56 Å². The zero-order chi connectivity index (χ0) is 27.8. The fraction of sp³-hybridized carbons (Fsp3) is 0.323. The van der Waals surface area contributed by atoms with Crippen molar-refractivity contribution < 1.29 is 14.3 Å². The van der Waals surface area contributed by atoms with Crippen LogP contribution < -0.4 is 15.6 Å². The van der Waals surface area contributed by atoms with Crippen molar-refractivity contribution in [3.05, 3.63) is 94.5 Å². The molecule has 1 aromatic heterocycles. The molecule has 3 aromatic carbocycles. The lowest BCUT2D eigenvalue weighted by Crippen LogP contribution is -2.42. The van der Waals surface area contributed by atoms with Gasteiger partial charge in [0.2, 0.25) is 0 Å². The van der Waals surface area contributed by atoms with Crippen LogP contribution in [-0.4, -0.2) is 47.4 Å². The largest absolute Gasteiger partial charge is 0.494 e. The van der Waals surface area contributed by atoms with Crippen molar-refractivity contribution in [1.82, 2.24) is 14.5 Å². The molecule has 2 amide bonds. The molecule has 0 aliphatic carbocycles. The summed E-state index contributed by atoms with van der Waals surface area (Å²) in [7, 11) is 1.60. The summed E-state index contributed by atoms with van der Waals surface area (Å²) in [4.78, 5) is 34.2. The van der Waals surface area contributed by atoms with E-state index in [0.29, 0.717) is 54.3 Å². The highest BCUT2D eigenvalue weighted by Gasteiger charge is 2.29. The van der Waals surface area contributed by atoms with E-state index in [-0.39, 0.29) is 11.6 Å². The topological polar surface area (TPSA) is 85.7 Å². The summed E-state index contributed by atoms with van der Waals surface area (Å²) >= 11 is 0. The number of methoxy groups -OCH3 is 1. The van der Waals surface area contributed by atoms with Gasteiger partial charge in [0.15, 0.2) is 0 Å². The molecule has 8 heteroatoms. The van der Waals surface area contributed by atoms with E-state index in [0.717, 1.165) is 12.2 Å². The standard InChI is InChI=1S/C31H36N4O4/c1-5-22-12-16-24(17-13-22)35-29(33-27-11-9-8-10-26(27)30(35)36)28(6-2)34(20-21-38-4)31(37)32-23-14-18-25(19-15-23)39-7-3/h8-19,28H,5-7,20-21H2,1-4H3,(H,32,37). The molecular weight excluding hydrogens is 492 g/mol. The second kappa shape index (κ2) is 13.1. The zero-order valence-electron chi connectivity index (χ0n) is 23.0. The van der Waals surface area contributed by atoms with Crippen molar-refractivity contribution in [1.29, 1.82) is 0 Å². The molecule has 1 N–H and O–H groups in total. The summed E-state index contributed by atoms with van der Waals surface area (Å²) in [5.41, 5.74) is 2.95. The molecule has 0 aliphatic heterocycles. The van der Waals surface area contributed by atoms with Crippen molar-refractivity contribution in [2.24, 2.45) is 0 Å². The minimum atomic E-state index is -0.494. The summed E-state index contributed by atoms with van der Waals surface area (Å²) in [5.74, 6) is 1.24. The second-order valence-corrected chi connectivity index (χ2v) is 9.15. The molecular formula is C31H36N4O4. The van der Waals surface area contributed by atoms with Gasteiger partial charge < -0.3 is 19.7 Å². The zero-order valence-corrected chi connectivity index (χ0v) is 23.0. The number of aromatic nitrogens is 2. The van der Waals surface area contributed by atoms with Crippen LogP contribution in [0.15, 0.2) is 77.6 Å². The Balaban J connectivity index is 1.80. The number of aryl methyl sites for hydroxylation is 1. The quantitative estimate of drug-likeness (QED) is 0.259. The number of hydrogen-bond acceptors (Lipinski definition) is 5. The maximum Gasteiger partial charge on any atom is 0.322 e. The molecule has 0 saturated heterocycles. The minimum Gasteiger partial charge on any atom is -0.494 e. The van der Waals surface area contributed by atoms with Gasteiger partial charge in [-0.3, -0.25) is 9.36 Å². The van der Waals surface area contributed by atoms with E-state index in [1.807, 2.05) is 68.4 Å². The van der Waals surface area contributed by atoms with Crippen LogP contribution in [0, 0.1) is 0 Å². The number of nitrogens with zero attached hydrogens (tertiary/aromatic N) is 3. The fourth-order valence-corrected chi connectivity index (χ4v) is 4.63. The molecule has 0 radical (unpaired) electrons. The average molecular weight is 529 g/mol. The number of urea groups is 1. The van der Waals surface area contributed by atoms with E-state index in [9.17, 15) is 9.59 Å². The number of benzene rings is 3. The summed E-state index contributed by atoms with van der Waals surface area (Å²) in [6.07, 6.45) is 1.43. The average Bonchev–Trinajstić information content (AvgIpc) is 2.96. The Morgan fingerprint density at radius 2 is 1.72 bits per heavy atom. The molecule has 204 valence electrons. The molecule has 0 fully saturated rings. The van der Waals surface area contributed by atoms with Gasteiger partial charge in [-0.15, -0.1) is 0 Å².